The van der Waals surface area contributed by atoms with Gasteiger partial charge in [0.05, 0.1) is 18.2 Å². The van der Waals surface area contributed by atoms with Gasteiger partial charge in [-0.15, -0.1) is 0 Å². The molecule has 2 heterocycles. The second-order valence-corrected chi connectivity index (χ2v) is 6.46. The van der Waals surface area contributed by atoms with E-state index < -0.39 is 5.97 Å². The van der Waals surface area contributed by atoms with Crippen molar-refractivity contribution in [3.05, 3.63) is 88.9 Å². The largest absolute Gasteiger partial charge is 0.497 e. The van der Waals surface area contributed by atoms with Crippen molar-refractivity contribution < 1.29 is 23.8 Å². The number of hydrogen-bond donors (Lipinski definition) is 0. The fraction of sp³-hybridized carbons (Fsp3) is 0.0870. The number of aryl methyl sites for hydroxylation is 1. The summed E-state index contributed by atoms with van der Waals surface area (Å²) in [6.45, 7) is 1.78. The van der Waals surface area contributed by atoms with Crippen molar-refractivity contribution in [1.82, 2.24) is 4.98 Å². The second kappa shape index (κ2) is 7.59. The lowest BCUT2D eigenvalue weighted by Crippen LogP contribution is -2.08. The molecule has 0 saturated heterocycles. The Kier molecular flexibility index (Phi) is 4.83. The van der Waals surface area contributed by atoms with Crippen LogP contribution in [0.25, 0.3) is 6.08 Å². The topological polar surface area (TPSA) is 74.7 Å². The van der Waals surface area contributed by atoms with Gasteiger partial charge >= 0.3 is 5.97 Å². The van der Waals surface area contributed by atoms with Crippen molar-refractivity contribution in [2.24, 2.45) is 0 Å². The predicted molar refractivity (Wildman–Crippen MR) is 106 cm³/mol. The van der Waals surface area contributed by atoms with Crippen LogP contribution in [0.3, 0.4) is 0 Å². The van der Waals surface area contributed by atoms with Gasteiger partial charge < -0.3 is 14.2 Å². The van der Waals surface area contributed by atoms with E-state index in [1.165, 1.54) is 12.4 Å². The van der Waals surface area contributed by atoms with Crippen molar-refractivity contribution in [2.45, 2.75) is 6.92 Å². The van der Waals surface area contributed by atoms with Gasteiger partial charge in [-0.1, -0.05) is 12.1 Å². The SMILES string of the molecule is COc1cccc(/C=C2\Oc3cc(OC(=O)c4ccncc4)cc(C)c3C2=O)c1. The predicted octanol–water partition coefficient (Wildman–Crippen LogP) is 4.23. The van der Waals surface area contributed by atoms with E-state index in [2.05, 4.69) is 4.98 Å². The summed E-state index contributed by atoms with van der Waals surface area (Å²) in [5.41, 5.74) is 2.29. The summed E-state index contributed by atoms with van der Waals surface area (Å²) in [5, 5.41) is 0. The van der Waals surface area contributed by atoms with Crippen molar-refractivity contribution in [1.29, 1.82) is 0 Å². The van der Waals surface area contributed by atoms with Gasteiger partial charge in [0.2, 0.25) is 5.78 Å². The maximum atomic E-state index is 12.8. The number of ether oxygens (including phenoxy) is 3. The Hall–Kier alpha value is -3.93. The number of carbonyl (C=O) groups is 2. The van der Waals surface area contributed by atoms with E-state index >= 15 is 0 Å². The maximum Gasteiger partial charge on any atom is 0.343 e. The van der Waals surface area contributed by atoms with E-state index in [1.54, 1.807) is 50.4 Å². The van der Waals surface area contributed by atoms with Crippen LogP contribution in [0.2, 0.25) is 0 Å². The number of nitrogens with zero attached hydrogens (tertiary/aromatic N) is 1. The van der Waals surface area contributed by atoms with Crippen LogP contribution in [0.4, 0.5) is 0 Å². The number of Topliss-reactive ketones (excluding diaryl/α,β-unsaturated/α-hetero) is 1. The lowest BCUT2D eigenvalue weighted by atomic mass is 10.0. The molecule has 2 aromatic carbocycles. The van der Waals surface area contributed by atoms with Crippen LogP contribution in [-0.4, -0.2) is 23.8 Å². The van der Waals surface area contributed by atoms with Gasteiger partial charge in [0.25, 0.3) is 0 Å². The number of carbonyl (C=O) groups excluding carboxylic acids is 2. The first-order chi connectivity index (χ1) is 14.0. The molecule has 0 fully saturated rings. The molecule has 0 spiro atoms. The van der Waals surface area contributed by atoms with E-state index in [-0.39, 0.29) is 11.5 Å². The van der Waals surface area contributed by atoms with E-state index in [4.69, 9.17) is 14.2 Å². The summed E-state index contributed by atoms with van der Waals surface area (Å²) < 4.78 is 16.4. The molecule has 6 heteroatoms. The molecule has 144 valence electrons. The number of hydrogen-bond acceptors (Lipinski definition) is 6. The van der Waals surface area contributed by atoms with Crippen LogP contribution in [0, 0.1) is 6.92 Å². The summed E-state index contributed by atoms with van der Waals surface area (Å²) in [4.78, 5) is 28.9. The van der Waals surface area contributed by atoms with E-state index in [9.17, 15) is 9.59 Å². The minimum atomic E-state index is -0.511. The first kappa shape index (κ1) is 18.4. The number of rotatable bonds is 4. The molecule has 0 bridgehead atoms. The van der Waals surface area contributed by atoms with Crippen molar-refractivity contribution >= 4 is 17.8 Å². The lowest BCUT2D eigenvalue weighted by molar-refractivity contribution is 0.0734. The third kappa shape index (κ3) is 3.73. The highest BCUT2D eigenvalue weighted by Crippen LogP contribution is 2.37. The van der Waals surface area contributed by atoms with Gasteiger partial charge in [-0.3, -0.25) is 9.78 Å². The normalized spacial score (nSPS) is 13.7. The molecule has 1 aromatic heterocycles. The van der Waals surface area contributed by atoms with Crippen molar-refractivity contribution in [2.75, 3.05) is 7.11 Å². The molecule has 1 aliphatic rings. The van der Waals surface area contributed by atoms with Crippen molar-refractivity contribution in [3.63, 3.8) is 0 Å². The molecule has 1 aliphatic heterocycles. The molecule has 3 aromatic rings. The zero-order valence-corrected chi connectivity index (χ0v) is 15.8. The number of ketones is 1. The highest BCUT2D eigenvalue weighted by molar-refractivity contribution is 6.15. The molecule has 0 N–H and O–H groups in total. The fourth-order valence-corrected chi connectivity index (χ4v) is 3.07. The lowest BCUT2D eigenvalue weighted by Gasteiger charge is -2.07. The number of aromatic nitrogens is 1. The zero-order valence-electron chi connectivity index (χ0n) is 15.8. The Morgan fingerprint density at radius 2 is 1.86 bits per heavy atom. The van der Waals surface area contributed by atoms with Gasteiger partial charge in [0.1, 0.15) is 17.2 Å². The number of esters is 1. The third-order valence-corrected chi connectivity index (χ3v) is 4.46. The number of methoxy groups -OCH3 is 1. The van der Waals surface area contributed by atoms with Gasteiger partial charge in [-0.2, -0.15) is 0 Å². The molecule has 4 rings (SSSR count). The van der Waals surface area contributed by atoms with Gasteiger partial charge in [-0.05, 0) is 54.5 Å². The number of fused-ring (bicyclic) bond motifs is 1. The first-order valence-corrected chi connectivity index (χ1v) is 8.90. The van der Waals surface area contributed by atoms with Gasteiger partial charge in [0, 0.05) is 18.5 Å². The zero-order chi connectivity index (χ0) is 20.4. The standard InChI is InChI=1S/C23H17NO5/c1-14-10-18(28-23(26)16-6-8-24-9-7-16)13-19-21(14)22(25)20(29-19)12-15-4-3-5-17(11-15)27-2/h3-13H,1-2H3/b20-12-. The number of benzene rings is 2. The van der Waals surface area contributed by atoms with Crippen LogP contribution < -0.4 is 14.2 Å². The van der Waals surface area contributed by atoms with Crippen LogP contribution in [0.1, 0.15) is 31.8 Å². The van der Waals surface area contributed by atoms with E-state index in [1.807, 2.05) is 18.2 Å². The van der Waals surface area contributed by atoms with E-state index in [0.717, 1.165) is 5.56 Å². The Bertz CT molecular complexity index is 1140. The highest BCUT2D eigenvalue weighted by Gasteiger charge is 2.30. The average Bonchev–Trinajstić information content (AvgIpc) is 3.04. The molecule has 0 saturated carbocycles. The summed E-state index contributed by atoms with van der Waals surface area (Å²) in [6.07, 6.45) is 4.69. The quantitative estimate of drug-likeness (QED) is 0.379. The average molecular weight is 387 g/mol. The van der Waals surface area contributed by atoms with Crippen LogP contribution in [0.15, 0.2) is 66.7 Å². The summed E-state index contributed by atoms with van der Waals surface area (Å²) in [7, 11) is 1.58. The summed E-state index contributed by atoms with van der Waals surface area (Å²) in [6, 6.07) is 13.6. The minimum Gasteiger partial charge on any atom is -0.497 e. The monoisotopic (exact) mass is 387 g/mol. The molecule has 0 unspecified atom stereocenters. The molecular weight excluding hydrogens is 370 g/mol. The first-order valence-electron chi connectivity index (χ1n) is 8.90. The molecule has 0 atom stereocenters. The Labute approximate surface area is 167 Å². The molecular formula is C23H17NO5. The van der Waals surface area contributed by atoms with Crippen LogP contribution in [-0.2, 0) is 0 Å². The number of allylic oxidation sites excluding steroid dienone is 1. The second-order valence-electron chi connectivity index (χ2n) is 6.46. The highest BCUT2D eigenvalue weighted by atomic mass is 16.5. The Morgan fingerprint density at radius 3 is 2.62 bits per heavy atom. The summed E-state index contributed by atoms with van der Waals surface area (Å²) >= 11 is 0. The molecule has 0 aliphatic carbocycles. The molecule has 29 heavy (non-hydrogen) atoms. The molecule has 0 radical (unpaired) electrons. The van der Waals surface area contributed by atoms with Gasteiger partial charge in [-0.25, -0.2) is 4.79 Å². The number of pyridine rings is 1. The Balaban J connectivity index is 1.61. The smallest absolute Gasteiger partial charge is 0.343 e. The van der Waals surface area contributed by atoms with E-state index in [0.29, 0.717) is 33.9 Å². The summed E-state index contributed by atoms with van der Waals surface area (Å²) in [5.74, 6) is 0.827. The molecule has 0 amide bonds. The van der Waals surface area contributed by atoms with Crippen molar-refractivity contribution in [3.8, 4) is 17.2 Å². The maximum absolute atomic E-state index is 12.8. The Morgan fingerprint density at radius 1 is 1.07 bits per heavy atom. The van der Waals surface area contributed by atoms with Crippen LogP contribution >= 0.6 is 0 Å². The van der Waals surface area contributed by atoms with Gasteiger partial charge in [0.15, 0.2) is 5.76 Å². The fourth-order valence-electron chi connectivity index (χ4n) is 3.07. The third-order valence-electron chi connectivity index (χ3n) is 4.46. The van der Waals surface area contributed by atoms with Crippen LogP contribution in [0.5, 0.6) is 17.2 Å². The molecule has 6 nitrogen and oxygen atoms in total. The minimum absolute atomic E-state index is 0.203.